The van der Waals surface area contributed by atoms with Crippen molar-refractivity contribution in [2.75, 3.05) is 0 Å². The van der Waals surface area contributed by atoms with Gasteiger partial charge < -0.3 is 34.0 Å². The van der Waals surface area contributed by atoms with Gasteiger partial charge in [0.1, 0.15) is 0 Å². The molecule has 0 aromatic rings. The largest absolute Gasteiger partial charge is 2.00 e. The van der Waals surface area contributed by atoms with E-state index in [1.807, 2.05) is 6.08 Å². The van der Waals surface area contributed by atoms with E-state index in [1.165, 1.54) is 19.3 Å². The summed E-state index contributed by atoms with van der Waals surface area (Å²) in [6.07, 6.45) is 5.72. The Balaban J connectivity index is -0.0000000417. The average Bonchev–Trinajstić information content (AvgIpc) is 1.61. The number of hydrogen-bond acceptors (Lipinski definition) is 0. The molecular formula is C6H12Br2Mg. The van der Waals surface area contributed by atoms with Crippen LogP contribution in [0.3, 0.4) is 0 Å². The summed E-state index contributed by atoms with van der Waals surface area (Å²) >= 11 is 0. The van der Waals surface area contributed by atoms with Crippen molar-refractivity contribution in [1.82, 2.24) is 0 Å². The van der Waals surface area contributed by atoms with Crippen molar-refractivity contribution in [2.45, 2.75) is 26.2 Å². The van der Waals surface area contributed by atoms with E-state index >= 15 is 0 Å². The van der Waals surface area contributed by atoms with Gasteiger partial charge in [-0.3, -0.25) is 0 Å². The molecule has 0 spiro atoms. The molecule has 9 heavy (non-hydrogen) atoms. The third-order valence-corrected chi connectivity index (χ3v) is 0.762. The second kappa shape index (κ2) is 22.7. The summed E-state index contributed by atoms with van der Waals surface area (Å²) in [7, 11) is 0. The van der Waals surface area contributed by atoms with Gasteiger partial charge in [-0.05, 0) is 6.42 Å². The third-order valence-electron chi connectivity index (χ3n) is 0.762. The summed E-state index contributed by atoms with van der Waals surface area (Å²) in [6.45, 7) is 5.78. The summed E-state index contributed by atoms with van der Waals surface area (Å²) in [4.78, 5) is 0. The van der Waals surface area contributed by atoms with Crippen LogP contribution in [0, 0.1) is 0 Å². The van der Waals surface area contributed by atoms with Crippen molar-refractivity contribution in [2.24, 2.45) is 0 Å². The van der Waals surface area contributed by atoms with Crippen molar-refractivity contribution in [3.8, 4) is 0 Å². The third kappa shape index (κ3) is 26.5. The first kappa shape index (κ1) is 22.4. The Bertz CT molecular complexity index is 40.0. The van der Waals surface area contributed by atoms with Gasteiger partial charge in [0.15, 0.2) is 0 Å². The van der Waals surface area contributed by atoms with Crippen LogP contribution < -0.4 is 34.0 Å². The van der Waals surface area contributed by atoms with Gasteiger partial charge in [0.25, 0.3) is 0 Å². The molecule has 0 aliphatic carbocycles. The first-order valence-corrected chi connectivity index (χ1v) is 2.52. The van der Waals surface area contributed by atoms with Gasteiger partial charge >= 0.3 is 23.1 Å². The zero-order valence-corrected chi connectivity index (χ0v) is 10.5. The fourth-order valence-corrected chi connectivity index (χ4v) is 0.348. The van der Waals surface area contributed by atoms with Crippen molar-refractivity contribution in [3.05, 3.63) is 12.7 Å². The van der Waals surface area contributed by atoms with Gasteiger partial charge in [-0.1, -0.05) is 25.8 Å². The van der Waals surface area contributed by atoms with Crippen LogP contribution in [-0.4, -0.2) is 23.1 Å². The fourth-order valence-electron chi connectivity index (χ4n) is 0.348. The molecule has 0 aliphatic heterocycles. The van der Waals surface area contributed by atoms with Gasteiger partial charge in [0.2, 0.25) is 0 Å². The van der Waals surface area contributed by atoms with Gasteiger partial charge in [-0.2, -0.15) is 0 Å². The molecule has 0 nitrogen and oxygen atoms in total. The Kier molecular flexibility index (Phi) is 56.6. The summed E-state index contributed by atoms with van der Waals surface area (Å²) in [5.41, 5.74) is 0. The Morgan fingerprint density at radius 3 is 1.89 bits per heavy atom. The SMILES string of the molecule is C=CCCCC.[Br-].[Br-].[Mg+2]. The number of hydrogen-bond donors (Lipinski definition) is 0. The van der Waals surface area contributed by atoms with E-state index in [1.54, 1.807) is 0 Å². The molecule has 0 radical (unpaired) electrons. The summed E-state index contributed by atoms with van der Waals surface area (Å²) in [5, 5.41) is 0. The number of halogens is 2. The van der Waals surface area contributed by atoms with Crippen molar-refractivity contribution >= 4 is 23.1 Å². The minimum Gasteiger partial charge on any atom is -1.00 e. The predicted molar refractivity (Wildman–Crippen MR) is 35.5 cm³/mol. The van der Waals surface area contributed by atoms with Crippen LogP contribution in [0.25, 0.3) is 0 Å². The topological polar surface area (TPSA) is 0 Å². The van der Waals surface area contributed by atoms with E-state index < -0.39 is 0 Å². The smallest absolute Gasteiger partial charge is 1.00 e. The molecule has 0 heterocycles. The molecule has 0 amide bonds. The molecule has 0 aromatic heterocycles. The number of unbranched alkanes of at least 4 members (excludes halogenated alkanes) is 2. The molecule has 0 saturated carbocycles. The summed E-state index contributed by atoms with van der Waals surface area (Å²) in [5.74, 6) is 0. The van der Waals surface area contributed by atoms with E-state index in [9.17, 15) is 0 Å². The van der Waals surface area contributed by atoms with E-state index in [0.29, 0.717) is 0 Å². The standard InChI is InChI=1S/C6H12.2BrH.Mg/c1-3-5-6-4-2;;;/h3H,1,4-6H2,2H3;2*1H;/q;;;+2/p-2. The van der Waals surface area contributed by atoms with E-state index in [-0.39, 0.29) is 57.0 Å². The molecule has 3 heteroatoms. The normalized spacial score (nSPS) is 5.44. The predicted octanol–water partition coefficient (Wildman–Crippen LogP) is -4.01. The molecule has 0 bridgehead atoms. The van der Waals surface area contributed by atoms with Gasteiger partial charge in [0, 0.05) is 0 Å². The quantitative estimate of drug-likeness (QED) is 0.278. The zero-order chi connectivity index (χ0) is 4.83. The second-order valence-corrected chi connectivity index (χ2v) is 1.43. The molecule has 0 aliphatic rings. The Morgan fingerprint density at radius 1 is 1.33 bits per heavy atom. The fraction of sp³-hybridized carbons (Fsp3) is 0.667. The van der Waals surface area contributed by atoms with Gasteiger partial charge in [-0.15, -0.1) is 6.58 Å². The maximum absolute atomic E-state index is 3.60. The van der Waals surface area contributed by atoms with Crippen LogP contribution in [0.1, 0.15) is 26.2 Å². The van der Waals surface area contributed by atoms with E-state index in [0.717, 1.165) is 0 Å². The monoisotopic (exact) mass is 266 g/mol. The maximum Gasteiger partial charge on any atom is 2.00 e. The zero-order valence-electron chi connectivity index (χ0n) is 5.87. The van der Waals surface area contributed by atoms with Gasteiger partial charge in [0.05, 0.1) is 0 Å². The minimum atomic E-state index is 0. The van der Waals surface area contributed by atoms with E-state index in [4.69, 9.17) is 0 Å². The number of rotatable bonds is 3. The molecule has 0 fully saturated rings. The molecule has 0 rings (SSSR count). The first-order chi connectivity index (χ1) is 2.91. The Hall–Kier alpha value is 1.47. The van der Waals surface area contributed by atoms with Crippen LogP contribution >= 0.6 is 0 Å². The molecule has 0 aromatic carbocycles. The van der Waals surface area contributed by atoms with Crippen LogP contribution in [0.4, 0.5) is 0 Å². The van der Waals surface area contributed by atoms with Gasteiger partial charge in [-0.25, -0.2) is 0 Å². The summed E-state index contributed by atoms with van der Waals surface area (Å²) < 4.78 is 0. The summed E-state index contributed by atoms with van der Waals surface area (Å²) in [6, 6.07) is 0. The van der Waals surface area contributed by atoms with Crippen molar-refractivity contribution in [1.29, 1.82) is 0 Å². The maximum atomic E-state index is 3.60. The molecule has 0 unspecified atom stereocenters. The molecule has 0 atom stereocenters. The Morgan fingerprint density at radius 2 is 1.78 bits per heavy atom. The molecule has 0 N–H and O–H groups in total. The molecule has 0 saturated heterocycles. The molecule has 52 valence electrons. The number of allylic oxidation sites excluding steroid dienone is 1. The Labute approximate surface area is 95.2 Å². The van der Waals surface area contributed by atoms with Crippen LogP contribution in [0.15, 0.2) is 12.7 Å². The minimum absolute atomic E-state index is 0. The second-order valence-electron chi connectivity index (χ2n) is 1.43. The van der Waals surface area contributed by atoms with Crippen LogP contribution in [0.2, 0.25) is 0 Å². The first-order valence-electron chi connectivity index (χ1n) is 2.52. The van der Waals surface area contributed by atoms with Crippen molar-refractivity contribution < 1.29 is 34.0 Å². The van der Waals surface area contributed by atoms with Crippen LogP contribution in [-0.2, 0) is 0 Å². The van der Waals surface area contributed by atoms with Crippen molar-refractivity contribution in [3.63, 3.8) is 0 Å². The van der Waals surface area contributed by atoms with Crippen LogP contribution in [0.5, 0.6) is 0 Å². The molecular weight excluding hydrogens is 256 g/mol. The van der Waals surface area contributed by atoms with E-state index in [2.05, 4.69) is 13.5 Å². The average molecular weight is 268 g/mol.